The monoisotopic (exact) mass is 546 g/mol. The van der Waals surface area contributed by atoms with Crippen LogP contribution in [0.2, 0.25) is 0 Å². The van der Waals surface area contributed by atoms with E-state index in [1.165, 1.54) is 10.1 Å². The lowest BCUT2D eigenvalue weighted by atomic mass is 10.1. The minimum atomic E-state index is -0.413. The third-order valence-electron chi connectivity index (χ3n) is 7.29. The van der Waals surface area contributed by atoms with Crippen LogP contribution in [0.15, 0.2) is 64.2 Å². The smallest absolute Gasteiger partial charge is 0.332 e. The van der Waals surface area contributed by atoms with E-state index >= 15 is 0 Å². The summed E-state index contributed by atoms with van der Waals surface area (Å²) >= 11 is 0. The standard InChI is InChI=1S/C31H42N6O3/c1-3-18-37-30(39)28-29(36(31(37)40)19-9-8-10-23-13-15-25(32)16-14-23)34-27(21-24-11-6-5-7-12-24)35(28)20-17-33-22-26(38)4-2/h5-7,11-16,26,33,38H,3-4,8-10,17-22,32H2,1-2H3. The Morgan fingerprint density at radius 3 is 2.35 bits per heavy atom. The molecule has 214 valence electrons. The Kier molecular flexibility index (Phi) is 10.3. The second-order valence-corrected chi connectivity index (χ2v) is 10.4. The minimum absolute atomic E-state index is 0.291. The number of nitrogens with two attached hydrogens (primary N) is 1. The third kappa shape index (κ3) is 7.08. The molecule has 40 heavy (non-hydrogen) atoms. The van der Waals surface area contributed by atoms with Crippen molar-refractivity contribution < 1.29 is 5.11 Å². The van der Waals surface area contributed by atoms with Crippen LogP contribution in [-0.2, 0) is 32.5 Å². The molecule has 0 aliphatic rings. The molecule has 2 aromatic heterocycles. The fraction of sp³-hybridized carbons (Fsp3) is 0.452. The van der Waals surface area contributed by atoms with Gasteiger partial charge in [-0.05, 0) is 55.4 Å². The Hall–Kier alpha value is -3.69. The van der Waals surface area contributed by atoms with E-state index in [4.69, 9.17) is 10.7 Å². The largest absolute Gasteiger partial charge is 0.399 e. The van der Waals surface area contributed by atoms with Gasteiger partial charge in [-0.25, -0.2) is 9.78 Å². The van der Waals surface area contributed by atoms with Gasteiger partial charge in [-0.2, -0.15) is 0 Å². The van der Waals surface area contributed by atoms with Crippen molar-refractivity contribution in [2.75, 3.05) is 18.8 Å². The minimum Gasteiger partial charge on any atom is -0.399 e. The highest BCUT2D eigenvalue weighted by Crippen LogP contribution is 2.17. The van der Waals surface area contributed by atoms with Crippen LogP contribution in [0.5, 0.6) is 0 Å². The van der Waals surface area contributed by atoms with Gasteiger partial charge in [0.15, 0.2) is 11.2 Å². The number of imidazole rings is 1. The number of nitrogens with zero attached hydrogens (tertiary/aromatic N) is 4. The molecule has 0 amide bonds. The molecule has 9 nitrogen and oxygen atoms in total. The first-order chi connectivity index (χ1) is 19.4. The zero-order valence-corrected chi connectivity index (χ0v) is 23.7. The second-order valence-electron chi connectivity index (χ2n) is 10.4. The maximum Gasteiger partial charge on any atom is 0.332 e. The Balaban J connectivity index is 1.69. The number of rotatable bonds is 15. The average molecular weight is 547 g/mol. The molecule has 0 aliphatic heterocycles. The molecule has 2 heterocycles. The lowest BCUT2D eigenvalue weighted by molar-refractivity contribution is 0.167. The number of hydrogen-bond acceptors (Lipinski definition) is 6. The molecule has 4 aromatic rings. The van der Waals surface area contributed by atoms with Gasteiger partial charge < -0.3 is 20.7 Å². The maximum absolute atomic E-state index is 13.7. The van der Waals surface area contributed by atoms with E-state index in [2.05, 4.69) is 5.32 Å². The topological polar surface area (TPSA) is 120 Å². The van der Waals surface area contributed by atoms with Crippen LogP contribution in [-0.4, -0.2) is 43.0 Å². The number of aryl methyl sites for hydroxylation is 2. The second kappa shape index (κ2) is 14.1. The van der Waals surface area contributed by atoms with Gasteiger partial charge in [-0.3, -0.25) is 13.9 Å². The molecule has 0 saturated heterocycles. The number of benzene rings is 2. The number of nitrogens with one attached hydrogen (secondary N) is 1. The molecule has 0 fully saturated rings. The van der Waals surface area contributed by atoms with E-state index in [1.54, 1.807) is 4.57 Å². The Bertz CT molecular complexity index is 1490. The van der Waals surface area contributed by atoms with Crippen molar-refractivity contribution in [2.24, 2.45) is 0 Å². The summed E-state index contributed by atoms with van der Waals surface area (Å²) in [7, 11) is 0. The lowest BCUT2D eigenvalue weighted by Crippen LogP contribution is -2.41. The van der Waals surface area contributed by atoms with E-state index in [1.807, 2.05) is 73.0 Å². The number of unbranched alkanes of at least 4 members (excludes halogenated alkanes) is 1. The summed E-state index contributed by atoms with van der Waals surface area (Å²) in [5, 5.41) is 13.2. The summed E-state index contributed by atoms with van der Waals surface area (Å²) in [6, 6.07) is 17.9. The van der Waals surface area contributed by atoms with E-state index in [9.17, 15) is 14.7 Å². The normalized spacial score (nSPS) is 12.3. The van der Waals surface area contributed by atoms with Gasteiger partial charge in [0.25, 0.3) is 5.56 Å². The summed E-state index contributed by atoms with van der Waals surface area (Å²) in [4.78, 5) is 32.2. The van der Waals surface area contributed by atoms with Gasteiger partial charge in [0.05, 0.1) is 6.10 Å². The zero-order valence-electron chi connectivity index (χ0n) is 23.7. The lowest BCUT2D eigenvalue weighted by Gasteiger charge is -2.14. The molecule has 0 radical (unpaired) electrons. The highest BCUT2D eigenvalue weighted by atomic mass is 16.3. The fourth-order valence-corrected chi connectivity index (χ4v) is 5.00. The molecule has 0 saturated carbocycles. The van der Waals surface area contributed by atoms with Crippen molar-refractivity contribution in [2.45, 2.75) is 78.1 Å². The van der Waals surface area contributed by atoms with Crippen LogP contribution < -0.4 is 22.3 Å². The number of anilines is 1. The van der Waals surface area contributed by atoms with Crippen LogP contribution in [0.4, 0.5) is 5.69 Å². The number of aliphatic hydroxyl groups excluding tert-OH is 1. The van der Waals surface area contributed by atoms with E-state index in [-0.39, 0.29) is 11.2 Å². The highest BCUT2D eigenvalue weighted by Gasteiger charge is 2.21. The van der Waals surface area contributed by atoms with Crippen LogP contribution in [0.3, 0.4) is 0 Å². The van der Waals surface area contributed by atoms with Gasteiger partial charge in [0, 0.05) is 44.8 Å². The molecule has 4 N–H and O–H groups in total. The quantitative estimate of drug-likeness (QED) is 0.155. The summed E-state index contributed by atoms with van der Waals surface area (Å²) in [5.41, 5.74) is 9.17. The molecule has 0 aliphatic carbocycles. The van der Waals surface area contributed by atoms with Gasteiger partial charge >= 0.3 is 5.69 Å². The molecule has 4 rings (SSSR count). The van der Waals surface area contributed by atoms with Crippen molar-refractivity contribution in [3.8, 4) is 0 Å². The number of aromatic nitrogens is 4. The first kappa shape index (κ1) is 29.3. The van der Waals surface area contributed by atoms with Gasteiger partial charge in [-0.15, -0.1) is 0 Å². The predicted octanol–water partition coefficient (Wildman–Crippen LogP) is 3.33. The molecule has 1 atom stereocenters. The van der Waals surface area contributed by atoms with Crippen molar-refractivity contribution in [1.82, 2.24) is 24.0 Å². The van der Waals surface area contributed by atoms with Crippen molar-refractivity contribution in [1.29, 1.82) is 0 Å². The van der Waals surface area contributed by atoms with E-state index in [0.717, 1.165) is 36.3 Å². The van der Waals surface area contributed by atoms with Crippen molar-refractivity contribution >= 4 is 16.9 Å². The predicted molar refractivity (Wildman–Crippen MR) is 161 cm³/mol. The Morgan fingerprint density at radius 1 is 0.900 bits per heavy atom. The fourth-order valence-electron chi connectivity index (χ4n) is 5.00. The Labute approximate surface area is 235 Å². The summed E-state index contributed by atoms with van der Waals surface area (Å²) in [6.45, 7) is 6.31. The van der Waals surface area contributed by atoms with Crippen molar-refractivity contribution in [3.05, 3.63) is 92.4 Å². The summed E-state index contributed by atoms with van der Waals surface area (Å²) in [6.07, 6.45) is 4.05. The van der Waals surface area contributed by atoms with Crippen LogP contribution >= 0.6 is 0 Å². The van der Waals surface area contributed by atoms with Crippen molar-refractivity contribution in [3.63, 3.8) is 0 Å². The van der Waals surface area contributed by atoms with E-state index in [0.29, 0.717) is 63.2 Å². The highest BCUT2D eigenvalue weighted by molar-refractivity contribution is 5.71. The van der Waals surface area contributed by atoms with Crippen LogP contribution in [0.25, 0.3) is 11.2 Å². The first-order valence-corrected chi connectivity index (χ1v) is 14.4. The zero-order chi connectivity index (χ0) is 28.5. The van der Waals surface area contributed by atoms with Crippen LogP contribution in [0.1, 0.15) is 56.5 Å². The molecule has 1 unspecified atom stereocenters. The molecule has 0 bridgehead atoms. The van der Waals surface area contributed by atoms with E-state index < -0.39 is 6.10 Å². The first-order valence-electron chi connectivity index (χ1n) is 14.4. The van der Waals surface area contributed by atoms with Gasteiger partial charge in [0.1, 0.15) is 5.82 Å². The summed E-state index contributed by atoms with van der Waals surface area (Å²) in [5.74, 6) is 0.750. The molecule has 0 spiro atoms. The molecule has 2 aromatic carbocycles. The number of aliphatic hydroxyl groups is 1. The molecular weight excluding hydrogens is 504 g/mol. The summed E-state index contributed by atoms with van der Waals surface area (Å²) < 4.78 is 5.02. The maximum atomic E-state index is 13.7. The molecule has 9 heteroatoms. The van der Waals surface area contributed by atoms with Gasteiger partial charge in [0.2, 0.25) is 0 Å². The third-order valence-corrected chi connectivity index (χ3v) is 7.29. The molecular formula is C31H42N6O3. The van der Waals surface area contributed by atoms with Gasteiger partial charge in [-0.1, -0.05) is 56.3 Å². The number of hydrogen-bond donors (Lipinski definition) is 3. The number of fused-ring (bicyclic) bond motifs is 1. The van der Waals surface area contributed by atoms with Crippen LogP contribution in [0, 0.1) is 0 Å². The average Bonchev–Trinajstić information content (AvgIpc) is 3.31. The SMILES string of the molecule is CCCn1c(=O)c2c(nc(Cc3ccccc3)n2CCNCC(O)CC)n(CCCCc2ccc(N)cc2)c1=O. The number of nitrogen functional groups attached to an aromatic ring is 1. The Morgan fingerprint density at radius 2 is 1.65 bits per heavy atom.